The summed E-state index contributed by atoms with van der Waals surface area (Å²) in [6, 6.07) is 16.4. The van der Waals surface area contributed by atoms with Crippen LogP contribution in [0.3, 0.4) is 0 Å². The lowest BCUT2D eigenvalue weighted by molar-refractivity contribution is 0.0599. The molecule has 0 aliphatic heterocycles. The van der Waals surface area contributed by atoms with Gasteiger partial charge in [-0.3, -0.25) is 4.98 Å². The predicted octanol–water partition coefficient (Wildman–Crippen LogP) is 5.08. The number of esters is 1. The molecule has 2 aromatic heterocycles. The van der Waals surface area contributed by atoms with Gasteiger partial charge in [-0.15, -0.1) is 0 Å². The van der Waals surface area contributed by atoms with Crippen LogP contribution < -0.4 is 4.90 Å². The number of carbonyl (C=O) groups excluding carboxylic acids is 1. The highest BCUT2D eigenvalue weighted by Gasteiger charge is 2.23. The number of pyridine rings is 2. The molecule has 1 aromatic carbocycles. The summed E-state index contributed by atoms with van der Waals surface area (Å²) in [5.74, 6) is 1.12. The summed E-state index contributed by atoms with van der Waals surface area (Å²) >= 11 is 0. The van der Waals surface area contributed by atoms with Crippen molar-refractivity contribution < 1.29 is 9.53 Å². The second-order valence-corrected chi connectivity index (χ2v) is 7.75. The molecule has 2 heterocycles. The average molecular weight is 402 g/mol. The van der Waals surface area contributed by atoms with Crippen LogP contribution >= 0.6 is 0 Å². The molecule has 1 atom stereocenters. The first-order valence-electron chi connectivity index (χ1n) is 10.5. The van der Waals surface area contributed by atoms with E-state index in [4.69, 9.17) is 9.72 Å². The van der Waals surface area contributed by atoms with Gasteiger partial charge in [-0.05, 0) is 73.4 Å². The van der Waals surface area contributed by atoms with Crippen molar-refractivity contribution >= 4 is 17.5 Å². The van der Waals surface area contributed by atoms with E-state index in [1.807, 2.05) is 18.2 Å². The molecule has 0 bridgehead atoms. The minimum absolute atomic E-state index is 0.299. The van der Waals surface area contributed by atoms with E-state index in [2.05, 4.69) is 41.2 Å². The van der Waals surface area contributed by atoms with Crippen molar-refractivity contribution in [3.8, 4) is 0 Å². The van der Waals surface area contributed by atoms with Gasteiger partial charge in [0.05, 0.1) is 12.7 Å². The van der Waals surface area contributed by atoms with E-state index in [9.17, 15) is 4.79 Å². The number of benzene rings is 1. The van der Waals surface area contributed by atoms with Gasteiger partial charge < -0.3 is 9.64 Å². The van der Waals surface area contributed by atoms with E-state index in [0.717, 1.165) is 49.2 Å². The van der Waals surface area contributed by atoms with E-state index in [1.54, 1.807) is 18.5 Å². The fourth-order valence-corrected chi connectivity index (χ4v) is 4.28. The molecule has 1 aliphatic carbocycles. The molecule has 30 heavy (non-hydrogen) atoms. The molecular weight excluding hydrogens is 374 g/mol. The maximum absolute atomic E-state index is 12.0. The van der Waals surface area contributed by atoms with Gasteiger partial charge in [-0.25, -0.2) is 9.78 Å². The molecule has 1 aliphatic rings. The Morgan fingerprint density at radius 1 is 1.17 bits per heavy atom. The molecule has 0 N–H and O–H groups in total. The Balaban J connectivity index is 1.52. The summed E-state index contributed by atoms with van der Waals surface area (Å²) in [7, 11) is 3.47. The van der Waals surface area contributed by atoms with Gasteiger partial charge in [-0.1, -0.05) is 24.3 Å². The maximum atomic E-state index is 12.0. The third-order valence-electron chi connectivity index (χ3n) is 5.96. The number of nitrogens with zero attached hydrogens (tertiary/aromatic N) is 3. The number of aromatic nitrogens is 2. The van der Waals surface area contributed by atoms with Gasteiger partial charge in [0.1, 0.15) is 5.82 Å². The zero-order chi connectivity index (χ0) is 20.9. The number of carbonyl (C=O) groups is 1. The number of ether oxygens (including phenoxy) is 1. The number of rotatable bonds is 6. The van der Waals surface area contributed by atoms with Crippen molar-refractivity contribution in [2.75, 3.05) is 19.1 Å². The molecule has 0 amide bonds. The molecule has 0 spiro atoms. The Morgan fingerprint density at radius 2 is 2.00 bits per heavy atom. The van der Waals surface area contributed by atoms with E-state index >= 15 is 0 Å². The van der Waals surface area contributed by atoms with Gasteiger partial charge in [0.2, 0.25) is 0 Å². The lowest BCUT2D eigenvalue weighted by atomic mass is 9.82. The highest BCUT2D eigenvalue weighted by atomic mass is 16.5. The number of hydrogen-bond acceptors (Lipinski definition) is 5. The molecule has 4 rings (SSSR count). The summed E-state index contributed by atoms with van der Waals surface area (Å²) in [6.07, 6.45) is 8.50. The number of fused-ring (bicyclic) bond motifs is 1. The molecule has 5 heteroatoms. The summed E-state index contributed by atoms with van der Waals surface area (Å²) in [4.78, 5) is 23.4. The monoisotopic (exact) mass is 401 g/mol. The number of para-hydroxylation sites is 1. The van der Waals surface area contributed by atoms with Gasteiger partial charge in [0.15, 0.2) is 0 Å². The molecule has 0 radical (unpaired) electrons. The highest BCUT2D eigenvalue weighted by molar-refractivity contribution is 5.90. The second kappa shape index (κ2) is 9.08. The zero-order valence-corrected chi connectivity index (χ0v) is 17.5. The number of aryl methyl sites for hydroxylation is 2. The Hall–Kier alpha value is -3.21. The number of methoxy groups -OCH3 is 1. The standard InChI is InChI=1S/C25H27N3O2/c1-28(20-8-4-3-5-9-20)24-14-13-21-18(7-6-10-23(21)27-24)11-12-19-17-26-16-15-22(19)25(29)30-2/h3-5,8-9,13-18H,6-7,10-12H2,1-2H3. The molecule has 0 saturated carbocycles. The molecule has 0 fully saturated rings. The van der Waals surface area contributed by atoms with Crippen LogP contribution in [0.4, 0.5) is 11.5 Å². The molecule has 0 saturated heterocycles. The average Bonchev–Trinajstić information content (AvgIpc) is 2.82. The SMILES string of the molecule is COC(=O)c1ccncc1CCC1CCCc2nc(N(C)c3ccccc3)ccc21. The van der Waals surface area contributed by atoms with Crippen LogP contribution in [0, 0.1) is 0 Å². The Morgan fingerprint density at radius 3 is 2.80 bits per heavy atom. The molecule has 5 nitrogen and oxygen atoms in total. The van der Waals surface area contributed by atoms with Crippen LogP contribution in [0.5, 0.6) is 0 Å². The lowest BCUT2D eigenvalue weighted by Gasteiger charge is -2.27. The van der Waals surface area contributed by atoms with Gasteiger partial charge in [-0.2, -0.15) is 0 Å². The first-order valence-corrected chi connectivity index (χ1v) is 10.5. The molecule has 154 valence electrons. The third kappa shape index (κ3) is 4.20. The van der Waals surface area contributed by atoms with E-state index in [-0.39, 0.29) is 5.97 Å². The number of anilines is 2. The van der Waals surface area contributed by atoms with E-state index < -0.39 is 0 Å². The van der Waals surface area contributed by atoms with Gasteiger partial charge >= 0.3 is 5.97 Å². The maximum Gasteiger partial charge on any atom is 0.338 e. The van der Waals surface area contributed by atoms with Gasteiger partial charge in [0.25, 0.3) is 0 Å². The van der Waals surface area contributed by atoms with Crippen molar-refractivity contribution in [1.29, 1.82) is 0 Å². The largest absolute Gasteiger partial charge is 0.465 e. The van der Waals surface area contributed by atoms with Crippen LogP contribution in [-0.2, 0) is 17.6 Å². The fourth-order valence-electron chi connectivity index (χ4n) is 4.28. The fraction of sp³-hybridized carbons (Fsp3) is 0.320. The minimum atomic E-state index is -0.299. The zero-order valence-electron chi connectivity index (χ0n) is 17.5. The summed E-state index contributed by atoms with van der Waals surface area (Å²) in [5.41, 5.74) is 5.23. The van der Waals surface area contributed by atoms with Crippen molar-refractivity contribution in [3.63, 3.8) is 0 Å². The number of hydrogen-bond donors (Lipinski definition) is 0. The van der Waals surface area contributed by atoms with Gasteiger partial charge in [0, 0.05) is 30.8 Å². The first kappa shape index (κ1) is 20.1. The van der Waals surface area contributed by atoms with Crippen LogP contribution in [-0.4, -0.2) is 30.1 Å². The first-order chi connectivity index (χ1) is 14.7. The van der Waals surface area contributed by atoms with Crippen LogP contribution in [0.2, 0.25) is 0 Å². The molecular formula is C25H27N3O2. The molecule has 1 unspecified atom stereocenters. The third-order valence-corrected chi connectivity index (χ3v) is 5.96. The lowest BCUT2D eigenvalue weighted by Crippen LogP contribution is -2.17. The topological polar surface area (TPSA) is 55.3 Å². The van der Waals surface area contributed by atoms with Crippen LogP contribution in [0.25, 0.3) is 0 Å². The summed E-state index contributed by atoms with van der Waals surface area (Å²) in [6.45, 7) is 0. The van der Waals surface area contributed by atoms with Crippen molar-refractivity contribution in [2.45, 2.75) is 38.0 Å². The van der Waals surface area contributed by atoms with Crippen LogP contribution in [0.1, 0.15) is 52.4 Å². The molecule has 3 aromatic rings. The normalized spacial score (nSPS) is 15.3. The Kier molecular flexibility index (Phi) is 6.07. The Bertz CT molecular complexity index is 1020. The van der Waals surface area contributed by atoms with E-state index in [0.29, 0.717) is 11.5 Å². The predicted molar refractivity (Wildman–Crippen MR) is 118 cm³/mol. The second-order valence-electron chi connectivity index (χ2n) is 7.75. The van der Waals surface area contributed by atoms with Crippen molar-refractivity contribution in [3.05, 3.63) is 83.3 Å². The summed E-state index contributed by atoms with van der Waals surface area (Å²) < 4.78 is 4.92. The summed E-state index contributed by atoms with van der Waals surface area (Å²) in [5, 5.41) is 0. The highest BCUT2D eigenvalue weighted by Crippen LogP contribution is 2.36. The smallest absolute Gasteiger partial charge is 0.338 e. The van der Waals surface area contributed by atoms with Crippen LogP contribution in [0.15, 0.2) is 60.9 Å². The van der Waals surface area contributed by atoms with Crippen molar-refractivity contribution in [2.24, 2.45) is 0 Å². The van der Waals surface area contributed by atoms with E-state index in [1.165, 1.54) is 18.4 Å². The quantitative estimate of drug-likeness (QED) is 0.539. The Labute approximate surface area is 177 Å². The minimum Gasteiger partial charge on any atom is -0.465 e. The van der Waals surface area contributed by atoms with Crippen molar-refractivity contribution in [1.82, 2.24) is 9.97 Å².